The third-order valence-corrected chi connectivity index (χ3v) is 11.4. The van der Waals surface area contributed by atoms with E-state index in [1.165, 1.54) is 0 Å². The maximum Gasteiger partial charge on any atom is 0.248 e. The van der Waals surface area contributed by atoms with Crippen LogP contribution in [0.1, 0.15) is 40.0 Å². The highest BCUT2D eigenvalue weighted by molar-refractivity contribution is 9.09. The molecule has 3 fully saturated rings. The molecule has 3 aliphatic rings. The van der Waals surface area contributed by atoms with E-state index in [0.717, 1.165) is 17.2 Å². The number of likely N-dealkylation sites (tertiary alicyclic amines) is 1. The maximum atomic E-state index is 14.2. The average Bonchev–Trinajstić information content (AvgIpc) is 3.49. The molecule has 0 aliphatic carbocycles. The van der Waals surface area contributed by atoms with Gasteiger partial charge in [0.25, 0.3) is 0 Å². The number of thioether (sulfide) groups is 1. The van der Waals surface area contributed by atoms with Gasteiger partial charge in [0.05, 0.1) is 29.2 Å². The number of anilines is 1. The number of halogens is 1. The van der Waals surface area contributed by atoms with E-state index < -0.39 is 28.7 Å². The molecule has 5 rings (SSSR count). The fourth-order valence-electron chi connectivity index (χ4n) is 6.72. The van der Waals surface area contributed by atoms with Crippen molar-refractivity contribution in [2.24, 2.45) is 17.8 Å². The van der Waals surface area contributed by atoms with Gasteiger partial charge in [0.2, 0.25) is 17.7 Å². The number of alkyl halides is 1. The molecule has 2 aromatic rings. The number of hydrogen-bond donors (Lipinski definition) is 3. The second kappa shape index (κ2) is 10.8. The first-order valence-corrected chi connectivity index (χ1v) is 15.3. The van der Waals surface area contributed by atoms with Crippen LogP contribution in [0.2, 0.25) is 0 Å². The van der Waals surface area contributed by atoms with E-state index in [1.54, 1.807) is 16.7 Å². The minimum atomic E-state index is -0.790. The van der Waals surface area contributed by atoms with Crippen molar-refractivity contribution in [2.75, 3.05) is 18.5 Å². The van der Waals surface area contributed by atoms with E-state index in [1.807, 2.05) is 63.2 Å². The monoisotopic (exact) mass is 601 g/mol. The van der Waals surface area contributed by atoms with Crippen LogP contribution in [0.4, 0.5) is 5.69 Å². The molecule has 3 aliphatic heterocycles. The molecule has 2 aromatic carbocycles. The van der Waals surface area contributed by atoms with Gasteiger partial charge in [-0.3, -0.25) is 14.4 Å². The lowest BCUT2D eigenvalue weighted by Gasteiger charge is -2.37. The molecule has 3 heterocycles. The molecule has 3 unspecified atom stereocenters. The van der Waals surface area contributed by atoms with E-state index in [-0.39, 0.29) is 40.3 Å². The SMILES string of the molecule is CCCNC(=O)[C@H]1[C@@H]2SC3(CC2Br)C(C(=O)Nc2ccc4ccccc4c2)N([C@@H](CO)CC(C)C)C(=O)[C@H]13. The molecule has 3 amide bonds. The summed E-state index contributed by atoms with van der Waals surface area (Å²) < 4.78 is -0.741. The van der Waals surface area contributed by atoms with Crippen molar-refractivity contribution < 1.29 is 19.5 Å². The Hall–Kier alpha value is -2.10. The zero-order valence-electron chi connectivity index (χ0n) is 22.0. The molecule has 3 saturated heterocycles. The Morgan fingerprint density at radius 2 is 1.92 bits per heavy atom. The number of carbonyl (C=O) groups is 3. The summed E-state index contributed by atoms with van der Waals surface area (Å²) >= 11 is 5.42. The minimum Gasteiger partial charge on any atom is -0.394 e. The molecule has 3 N–H and O–H groups in total. The van der Waals surface area contributed by atoms with Crippen molar-refractivity contribution in [1.29, 1.82) is 0 Å². The van der Waals surface area contributed by atoms with Crippen molar-refractivity contribution in [1.82, 2.24) is 10.2 Å². The van der Waals surface area contributed by atoms with Crippen LogP contribution in [0.15, 0.2) is 42.5 Å². The standard InChI is InChI=1S/C29H36BrN3O4S/c1-4-11-31-26(35)22-23-28(37)33(20(15-34)12-16(2)3)25(29(23)14-21(30)24(22)38-29)27(36)32-19-10-9-17-7-5-6-8-18(17)13-19/h5-10,13,16,20-25,34H,4,11-12,14-15H2,1-3H3,(H,31,35)(H,32,36)/t20-,21?,22-,23+,24-,25?,29?/m1/s1. The number of aliphatic hydroxyl groups excluding tert-OH is 1. The average molecular weight is 603 g/mol. The predicted octanol–water partition coefficient (Wildman–Crippen LogP) is 4.18. The molecular formula is C29H36BrN3O4S. The third kappa shape index (κ3) is 4.54. The molecule has 0 aromatic heterocycles. The number of benzene rings is 2. The summed E-state index contributed by atoms with van der Waals surface area (Å²) in [6, 6.07) is 12.5. The molecule has 9 heteroatoms. The van der Waals surface area contributed by atoms with E-state index in [2.05, 4.69) is 26.6 Å². The van der Waals surface area contributed by atoms with E-state index >= 15 is 0 Å². The van der Waals surface area contributed by atoms with Crippen LogP contribution < -0.4 is 10.6 Å². The summed E-state index contributed by atoms with van der Waals surface area (Å²) in [4.78, 5) is 43.4. The molecule has 0 radical (unpaired) electrons. The van der Waals surface area contributed by atoms with Crippen molar-refractivity contribution >= 4 is 61.9 Å². The number of nitrogens with zero attached hydrogens (tertiary/aromatic N) is 1. The molecular weight excluding hydrogens is 566 g/mol. The number of aliphatic hydroxyl groups is 1. The summed E-state index contributed by atoms with van der Waals surface area (Å²) in [6.07, 6.45) is 1.99. The number of nitrogens with one attached hydrogen (secondary N) is 2. The lowest BCUT2D eigenvalue weighted by Crippen LogP contribution is -2.55. The first-order valence-electron chi connectivity index (χ1n) is 13.5. The van der Waals surface area contributed by atoms with E-state index in [4.69, 9.17) is 0 Å². The van der Waals surface area contributed by atoms with Gasteiger partial charge in [-0.05, 0) is 48.1 Å². The molecule has 204 valence electrons. The van der Waals surface area contributed by atoms with Crippen LogP contribution in [0.5, 0.6) is 0 Å². The van der Waals surface area contributed by atoms with Gasteiger partial charge in [0.15, 0.2) is 0 Å². The second-order valence-electron chi connectivity index (χ2n) is 11.2. The van der Waals surface area contributed by atoms with Gasteiger partial charge in [0, 0.05) is 22.3 Å². The van der Waals surface area contributed by atoms with E-state index in [9.17, 15) is 19.5 Å². The Bertz CT molecular complexity index is 1240. The zero-order valence-corrected chi connectivity index (χ0v) is 24.4. The fourth-order valence-corrected chi connectivity index (χ4v) is 10.3. The van der Waals surface area contributed by atoms with Crippen molar-refractivity contribution in [3.63, 3.8) is 0 Å². The van der Waals surface area contributed by atoms with Gasteiger partial charge in [-0.25, -0.2) is 0 Å². The Balaban J connectivity index is 1.54. The zero-order chi connectivity index (χ0) is 27.2. The number of carbonyl (C=O) groups excluding carboxylic acids is 3. The summed E-state index contributed by atoms with van der Waals surface area (Å²) in [5.74, 6) is -1.46. The quantitative estimate of drug-likeness (QED) is 0.375. The molecule has 7 nitrogen and oxygen atoms in total. The summed E-state index contributed by atoms with van der Waals surface area (Å²) in [5, 5.41) is 18.5. The van der Waals surface area contributed by atoms with Gasteiger partial charge in [-0.15, -0.1) is 11.8 Å². The normalized spacial score (nSPS) is 30.6. The molecule has 0 saturated carbocycles. The highest BCUT2D eigenvalue weighted by atomic mass is 79.9. The van der Waals surface area contributed by atoms with Crippen LogP contribution in [-0.2, 0) is 14.4 Å². The second-order valence-corrected chi connectivity index (χ2v) is 13.9. The lowest BCUT2D eigenvalue weighted by molar-refractivity contribution is -0.142. The summed E-state index contributed by atoms with van der Waals surface area (Å²) in [6.45, 7) is 6.41. The molecule has 1 spiro atoms. The topological polar surface area (TPSA) is 98.7 Å². The number of rotatable bonds is 9. The van der Waals surface area contributed by atoms with Gasteiger partial charge < -0.3 is 20.6 Å². The molecule has 38 heavy (non-hydrogen) atoms. The number of hydrogen-bond acceptors (Lipinski definition) is 5. The Labute approximate surface area is 236 Å². The number of fused-ring (bicyclic) bond motifs is 2. The van der Waals surface area contributed by atoms with Crippen LogP contribution >= 0.6 is 27.7 Å². The highest BCUT2D eigenvalue weighted by Gasteiger charge is 2.76. The van der Waals surface area contributed by atoms with Crippen molar-refractivity contribution in [2.45, 2.75) is 66.9 Å². The fraction of sp³-hybridized carbons (Fsp3) is 0.552. The largest absolute Gasteiger partial charge is 0.394 e. The maximum absolute atomic E-state index is 14.2. The van der Waals surface area contributed by atoms with Gasteiger partial charge in [-0.2, -0.15) is 0 Å². The van der Waals surface area contributed by atoms with Gasteiger partial charge in [-0.1, -0.05) is 67.0 Å². The third-order valence-electron chi connectivity index (χ3n) is 8.19. The summed E-state index contributed by atoms with van der Waals surface area (Å²) in [5.41, 5.74) is 0.663. The van der Waals surface area contributed by atoms with Gasteiger partial charge >= 0.3 is 0 Å². The van der Waals surface area contributed by atoms with Crippen LogP contribution in [0, 0.1) is 17.8 Å². The summed E-state index contributed by atoms with van der Waals surface area (Å²) in [7, 11) is 0. The van der Waals surface area contributed by atoms with Crippen LogP contribution in [0.25, 0.3) is 10.8 Å². The Morgan fingerprint density at radius 1 is 1.18 bits per heavy atom. The first kappa shape index (κ1) is 27.5. The molecule has 2 bridgehead atoms. The smallest absolute Gasteiger partial charge is 0.248 e. The van der Waals surface area contributed by atoms with Crippen molar-refractivity contribution in [3.05, 3.63) is 42.5 Å². The Kier molecular flexibility index (Phi) is 7.82. The predicted molar refractivity (Wildman–Crippen MR) is 155 cm³/mol. The first-order chi connectivity index (χ1) is 18.2. The lowest BCUT2D eigenvalue weighted by atomic mass is 9.70. The number of amides is 3. The molecule has 7 atom stereocenters. The van der Waals surface area contributed by atoms with Crippen molar-refractivity contribution in [3.8, 4) is 0 Å². The highest BCUT2D eigenvalue weighted by Crippen LogP contribution is 2.68. The van der Waals surface area contributed by atoms with Crippen LogP contribution in [0.3, 0.4) is 0 Å². The van der Waals surface area contributed by atoms with Crippen LogP contribution in [-0.4, -0.2) is 67.8 Å². The van der Waals surface area contributed by atoms with E-state index in [0.29, 0.717) is 25.1 Å². The minimum absolute atomic E-state index is 0.0162. The van der Waals surface area contributed by atoms with Gasteiger partial charge in [0.1, 0.15) is 6.04 Å². The Morgan fingerprint density at radius 3 is 2.61 bits per heavy atom.